The number of hydrogen-bond acceptors (Lipinski definition) is 5. The maximum absolute atomic E-state index is 13.5. The topological polar surface area (TPSA) is 88.2 Å². The highest BCUT2D eigenvalue weighted by atomic mass is 16.5. The summed E-state index contributed by atoms with van der Waals surface area (Å²) in [5.41, 5.74) is 0.914. The molecular weight excluding hydrogens is 410 g/mol. The van der Waals surface area contributed by atoms with Crippen LogP contribution in [0, 0.1) is 6.92 Å². The normalized spacial score (nSPS) is 21.2. The lowest BCUT2D eigenvalue weighted by atomic mass is 9.93. The molecule has 3 heterocycles. The summed E-state index contributed by atoms with van der Waals surface area (Å²) in [7, 11) is 0. The number of likely N-dealkylation sites (tertiary alicyclic amines) is 1. The molecule has 1 unspecified atom stereocenters. The van der Waals surface area contributed by atoms with Crippen molar-refractivity contribution < 1.29 is 23.9 Å². The Balaban J connectivity index is 1.45. The number of carbonyl (C=O) groups excluding carboxylic acids is 3. The number of amides is 3. The highest BCUT2D eigenvalue weighted by Gasteiger charge is 2.44. The van der Waals surface area contributed by atoms with Gasteiger partial charge in [0, 0.05) is 38.9 Å². The lowest BCUT2D eigenvalue weighted by Gasteiger charge is -2.40. The smallest absolute Gasteiger partial charge is 0.258 e. The number of nitrogens with one attached hydrogen (secondary N) is 1. The quantitative estimate of drug-likeness (QED) is 0.679. The molecule has 4 rings (SSSR count). The van der Waals surface area contributed by atoms with Gasteiger partial charge in [-0.05, 0) is 38.8 Å². The van der Waals surface area contributed by atoms with Crippen LogP contribution in [0.25, 0.3) is 0 Å². The van der Waals surface area contributed by atoms with E-state index in [1.807, 2.05) is 30.0 Å². The molecule has 0 aliphatic carbocycles. The third-order valence-corrected chi connectivity index (χ3v) is 6.74. The standard InChI is InChI=1S/C24H33N3O5/c1-17-6-7-20-19(15-17)23(30)27(16-24(32-20)8-13-31-14-9-24)18(2)22(29)25-10-4-12-26-11-3-5-21(26)28/h6-7,15,18H,3-5,8-14,16H2,1-2H3,(H,25,29). The number of aryl methyl sites for hydroxylation is 1. The van der Waals surface area contributed by atoms with Gasteiger partial charge < -0.3 is 24.6 Å². The molecule has 1 spiro atoms. The van der Waals surface area contributed by atoms with Crippen LogP contribution >= 0.6 is 0 Å². The minimum absolute atomic E-state index is 0.183. The Morgan fingerprint density at radius 3 is 2.75 bits per heavy atom. The second kappa shape index (κ2) is 9.48. The van der Waals surface area contributed by atoms with Crippen molar-refractivity contribution >= 4 is 17.7 Å². The van der Waals surface area contributed by atoms with Gasteiger partial charge in [-0.1, -0.05) is 11.6 Å². The maximum Gasteiger partial charge on any atom is 0.258 e. The van der Waals surface area contributed by atoms with Gasteiger partial charge in [-0.25, -0.2) is 0 Å². The molecule has 1 atom stereocenters. The average Bonchev–Trinajstić information content (AvgIpc) is 3.16. The Bertz CT molecular complexity index is 880. The van der Waals surface area contributed by atoms with Gasteiger partial charge in [-0.15, -0.1) is 0 Å². The molecule has 0 aromatic heterocycles. The van der Waals surface area contributed by atoms with Gasteiger partial charge in [-0.2, -0.15) is 0 Å². The van der Waals surface area contributed by atoms with Gasteiger partial charge in [0.25, 0.3) is 5.91 Å². The summed E-state index contributed by atoms with van der Waals surface area (Å²) in [6.07, 6.45) is 3.57. The number of hydrogen-bond donors (Lipinski definition) is 1. The van der Waals surface area contributed by atoms with Crippen LogP contribution in [0.2, 0.25) is 0 Å². The van der Waals surface area contributed by atoms with Gasteiger partial charge in [0.1, 0.15) is 17.4 Å². The van der Waals surface area contributed by atoms with Crippen molar-refractivity contribution in [2.24, 2.45) is 0 Å². The number of rotatable bonds is 6. The van der Waals surface area contributed by atoms with Crippen LogP contribution in [0.4, 0.5) is 0 Å². The van der Waals surface area contributed by atoms with E-state index >= 15 is 0 Å². The molecular formula is C24H33N3O5. The molecule has 0 bridgehead atoms. The predicted octanol–water partition coefficient (Wildman–Crippen LogP) is 1.90. The van der Waals surface area contributed by atoms with E-state index in [4.69, 9.17) is 9.47 Å². The Hall–Kier alpha value is -2.61. The number of nitrogens with zero attached hydrogens (tertiary/aromatic N) is 2. The van der Waals surface area contributed by atoms with E-state index in [0.29, 0.717) is 69.8 Å². The molecule has 1 aromatic rings. The largest absolute Gasteiger partial charge is 0.484 e. The molecule has 2 fully saturated rings. The maximum atomic E-state index is 13.5. The third-order valence-electron chi connectivity index (χ3n) is 6.74. The number of fused-ring (bicyclic) bond motifs is 1. The summed E-state index contributed by atoms with van der Waals surface area (Å²) >= 11 is 0. The van der Waals surface area contributed by atoms with E-state index in [1.165, 1.54) is 0 Å². The van der Waals surface area contributed by atoms with Gasteiger partial charge in [0.05, 0.1) is 25.3 Å². The predicted molar refractivity (Wildman–Crippen MR) is 119 cm³/mol. The van der Waals surface area contributed by atoms with Crippen molar-refractivity contribution in [2.45, 2.75) is 57.6 Å². The first-order chi connectivity index (χ1) is 15.4. The zero-order valence-electron chi connectivity index (χ0n) is 19.0. The molecule has 3 aliphatic heterocycles. The van der Waals surface area contributed by atoms with E-state index < -0.39 is 11.6 Å². The van der Waals surface area contributed by atoms with Crippen molar-refractivity contribution in [3.05, 3.63) is 29.3 Å². The molecule has 1 aromatic carbocycles. The van der Waals surface area contributed by atoms with Crippen LogP contribution < -0.4 is 10.1 Å². The first-order valence-corrected chi connectivity index (χ1v) is 11.6. The zero-order valence-corrected chi connectivity index (χ0v) is 19.0. The number of carbonyl (C=O) groups is 3. The summed E-state index contributed by atoms with van der Waals surface area (Å²) in [4.78, 5) is 41.7. The van der Waals surface area contributed by atoms with Crippen LogP contribution in [0.15, 0.2) is 18.2 Å². The molecule has 32 heavy (non-hydrogen) atoms. The molecule has 0 radical (unpaired) electrons. The summed E-state index contributed by atoms with van der Waals surface area (Å²) in [6, 6.07) is 5.00. The minimum atomic E-state index is -0.634. The summed E-state index contributed by atoms with van der Waals surface area (Å²) in [5, 5.41) is 2.95. The average molecular weight is 444 g/mol. The van der Waals surface area contributed by atoms with Gasteiger partial charge in [-0.3, -0.25) is 14.4 Å². The van der Waals surface area contributed by atoms with Crippen molar-refractivity contribution in [3.8, 4) is 5.75 Å². The Labute approximate surface area is 189 Å². The van der Waals surface area contributed by atoms with E-state index in [2.05, 4.69) is 5.32 Å². The molecule has 174 valence electrons. The fourth-order valence-electron chi connectivity index (χ4n) is 4.73. The van der Waals surface area contributed by atoms with E-state index in [9.17, 15) is 14.4 Å². The molecule has 8 heteroatoms. The van der Waals surface area contributed by atoms with Gasteiger partial charge >= 0.3 is 0 Å². The van der Waals surface area contributed by atoms with E-state index in [1.54, 1.807) is 11.8 Å². The lowest BCUT2D eigenvalue weighted by molar-refractivity contribution is -0.127. The lowest BCUT2D eigenvalue weighted by Crippen LogP contribution is -2.56. The van der Waals surface area contributed by atoms with E-state index in [-0.39, 0.29) is 17.7 Å². The van der Waals surface area contributed by atoms with Gasteiger partial charge in [0.2, 0.25) is 11.8 Å². The van der Waals surface area contributed by atoms with Crippen molar-refractivity contribution in [3.63, 3.8) is 0 Å². The first kappa shape index (κ1) is 22.6. The SMILES string of the molecule is Cc1ccc2c(c1)C(=O)N(C(C)C(=O)NCCCN1CCCC1=O)CC1(CCOCC1)O2. The zero-order chi connectivity index (χ0) is 22.7. The molecule has 3 amide bonds. The number of benzene rings is 1. The molecule has 8 nitrogen and oxygen atoms in total. The van der Waals surface area contributed by atoms with Crippen molar-refractivity contribution in [2.75, 3.05) is 39.4 Å². The second-order valence-electron chi connectivity index (χ2n) is 9.14. The molecule has 2 saturated heterocycles. The molecule has 1 N–H and O–H groups in total. The Morgan fingerprint density at radius 1 is 1.25 bits per heavy atom. The van der Waals surface area contributed by atoms with Crippen LogP contribution in [-0.4, -0.2) is 78.6 Å². The van der Waals surface area contributed by atoms with Crippen LogP contribution in [0.1, 0.15) is 54.9 Å². The highest BCUT2D eigenvalue weighted by Crippen LogP contribution is 2.36. The van der Waals surface area contributed by atoms with Gasteiger partial charge in [0.15, 0.2) is 0 Å². The molecule has 0 saturated carbocycles. The second-order valence-corrected chi connectivity index (χ2v) is 9.14. The highest BCUT2D eigenvalue weighted by molar-refractivity contribution is 6.00. The fourth-order valence-corrected chi connectivity index (χ4v) is 4.73. The van der Waals surface area contributed by atoms with Crippen molar-refractivity contribution in [1.29, 1.82) is 0 Å². The van der Waals surface area contributed by atoms with Crippen LogP contribution in [-0.2, 0) is 14.3 Å². The fraction of sp³-hybridized carbons (Fsp3) is 0.625. The van der Waals surface area contributed by atoms with E-state index in [0.717, 1.165) is 18.5 Å². The summed E-state index contributed by atoms with van der Waals surface area (Å²) in [5.74, 6) is 0.394. The molecule has 3 aliphatic rings. The number of ether oxygens (including phenoxy) is 2. The first-order valence-electron chi connectivity index (χ1n) is 11.6. The van der Waals surface area contributed by atoms with Crippen LogP contribution in [0.3, 0.4) is 0 Å². The monoisotopic (exact) mass is 443 g/mol. The summed E-state index contributed by atoms with van der Waals surface area (Å²) < 4.78 is 12.0. The minimum Gasteiger partial charge on any atom is -0.484 e. The van der Waals surface area contributed by atoms with Crippen LogP contribution in [0.5, 0.6) is 5.75 Å². The Kier molecular flexibility index (Phi) is 6.69. The third kappa shape index (κ3) is 4.75. The Morgan fingerprint density at radius 2 is 2.03 bits per heavy atom. The van der Waals surface area contributed by atoms with Crippen molar-refractivity contribution in [1.82, 2.24) is 15.1 Å². The summed E-state index contributed by atoms with van der Waals surface area (Å²) in [6.45, 7) is 7.12.